The molecule has 2 aromatic heterocycles. The molecular weight excluding hydrogens is 699 g/mol. The minimum atomic E-state index is -0.125. The smallest absolute Gasteiger partial charge is 0.155 e. The van der Waals surface area contributed by atoms with Crippen LogP contribution in [0.15, 0.2) is 64.9 Å². The van der Waals surface area contributed by atoms with Crippen molar-refractivity contribution in [2.24, 2.45) is 0 Å². The normalized spacial score (nSPS) is 12.4. The van der Waals surface area contributed by atoms with Crippen LogP contribution in [0.3, 0.4) is 0 Å². The molecule has 2 aromatic carbocycles. The Morgan fingerprint density at radius 3 is 1.79 bits per heavy atom. The number of aromatic nitrogens is 1. The Hall–Kier alpha value is -3.01. The number of rotatable bonds is 3. The quantitative estimate of drug-likeness (QED) is 0.129. The van der Waals surface area contributed by atoms with Gasteiger partial charge in [-0.1, -0.05) is 75.3 Å². The van der Waals surface area contributed by atoms with Gasteiger partial charge in [0, 0.05) is 43.3 Å². The second kappa shape index (κ2) is 13.1. The molecule has 0 atom stereocenters. The summed E-state index contributed by atoms with van der Waals surface area (Å²) in [6.07, 6.45) is 3.09. The summed E-state index contributed by atoms with van der Waals surface area (Å²) < 4.78 is 6.43. The van der Waals surface area contributed by atoms with Crippen LogP contribution in [-0.4, -0.2) is 15.9 Å². The van der Waals surface area contributed by atoms with E-state index in [0.717, 1.165) is 39.1 Å². The van der Waals surface area contributed by atoms with E-state index >= 15 is 0 Å². The van der Waals surface area contributed by atoms with Gasteiger partial charge in [-0.25, -0.2) is 0 Å². The Kier molecular flexibility index (Phi) is 11.0. The van der Waals surface area contributed by atoms with Crippen molar-refractivity contribution in [1.82, 2.24) is 4.98 Å². The van der Waals surface area contributed by atoms with Gasteiger partial charge in [0.05, 0.1) is 5.76 Å². The molecule has 42 heavy (non-hydrogen) atoms. The van der Waals surface area contributed by atoms with Crippen LogP contribution >= 0.6 is 0 Å². The zero-order valence-corrected chi connectivity index (χ0v) is 29.6. The SMILES string of the molecule is CC(=O)/C=C(/C)O.Cc1[c-]c(-c2cc3oc(-c4cc(C(C)(C)C)cc(C(C)(C)C)c4)cc3cn2)cc(C(C)(C)C)c1.[Ir]. The number of aliphatic hydroxyl groups excluding tert-OH is 1. The summed E-state index contributed by atoms with van der Waals surface area (Å²) >= 11 is 0. The van der Waals surface area contributed by atoms with Gasteiger partial charge in [-0.2, -0.15) is 0 Å². The summed E-state index contributed by atoms with van der Waals surface area (Å²) in [6.45, 7) is 25.2. The Morgan fingerprint density at radius 2 is 1.33 bits per heavy atom. The van der Waals surface area contributed by atoms with Crippen molar-refractivity contribution in [1.29, 1.82) is 0 Å². The van der Waals surface area contributed by atoms with Gasteiger partial charge < -0.3 is 14.5 Å². The van der Waals surface area contributed by atoms with Crippen LogP contribution < -0.4 is 0 Å². The molecule has 2 heterocycles. The molecule has 5 heteroatoms. The fourth-order valence-electron chi connectivity index (χ4n) is 4.44. The maximum atomic E-state index is 10.0. The third-order valence-electron chi connectivity index (χ3n) is 6.91. The molecule has 1 N–H and O–H groups in total. The first-order valence-electron chi connectivity index (χ1n) is 14.2. The van der Waals surface area contributed by atoms with Crippen LogP contribution in [0.5, 0.6) is 0 Å². The average molecular weight is 745 g/mol. The van der Waals surface area contributed by atoms with Gasteiger partial charge in [0.1, 0.15) is 11.3 Å². The van der Waals surface area contributed by atoms with Gasteiger partial charge in [-0.05, 0) is 71.2 Å². The number of pyridine rings is 1. The Bertz CT molecular complexity index is 1550. The van der Waals surface area contributed by atoms with Gasteiger partial charge in [-0.15, -0.1) is 34.9 Å². The summed E-state index contributed by atoms with van der Waals surface area (Å²) in [7, 11) is 0. The van der Waals surface area contributed by atoms with Gasteiger partial charge in [0.2, 0.25) is 0 Å². The largest absolute Gasteiger partial charge is 0.512 e. The van der Waals surface area contributed by atoms with Crippen LogP contribution in [0.25, 0.3) is 33.6 Å². The number of benzene rings is 2. The third-order valence-corrected chi connectivity index (χ3v) is 6.91. The Balaban J connectivity index is 0.000000687. The van der Waals surface area contributed by atoms with Crippen molar-refractivity contribution in [3.8, 4) is 22.6 Å². The van der Waals surface area contributed by atoms with E-state index in [9.17, 15) is 4.79 Å². The average Bonchev–Trinajstić information content (AvgIpc) is 3.25. The van der Waals surface area contributed by atoms with Crippen molar-refractivity contribution < 1.29 is 34.4 Å². The molecule has 0 spiro atoms. The van der Waals surface area contributed by atoms with Crippen molar-refractivity contribution in [3.63, 3.8) is 0 Å². The topological polar surface area (TPSA) is 63.3 Å². The monoisotopic (exact) mass is 745 g/mol. The van der Waals surface area contributed by atoms with E-state index in [1.165, 1.54) is 36.6 Å². The standard InChI is InChI=1S/C32H38NO.C5H8O2.Ir/c1-20-11-21(13-24(12-20)30(2,3)4)27-18-29-23(19-33-27)16-28(34-29)22-14-25(31(5,6)7)17-26(15-22)32(8,9)10;1-4(6)3-5(2)7;/h12-19H,1-10H3;3,6H,1-2H3;/q-1;;/b;4-3-;. The van der Waals surface area contributed by atoms with Crippen LogP contribution in [0.1, 0.15) is 98.4 Å². The third kappa shape index (κ3) is 9.24. The first-order chi connectivity index (χ1) is 18.7. The number of hydrogen-bond acceptors (Lipinski definition) is 4. The van der Waals surface area contributed by atoms with E-state index in [4.69, 9.17) is 14.5 Å². The van der Waals surface area contributed by atoms with Crippen molar-refractivity contribution in [2.45, 2.75) is 99.3 Å². The van der Waals surface area contributed by atoms with Crippen molar-refractivity contribution in [2.75, 3.05) is 0 Å². The molecule has 1 radical (unpaired) electrons. The molecule has 0 bridgehead atoms. The predicted octanol–water partition coefficient (Wildman–Crippen LogP) is 10.2. The number of fused-ring (bicyclic) bond motifs is 1. The Morgan fingerprint density at radius 1 is 0.810 bits per heavy atom. The molecule has 4 aromatic rings. The van der Waals surface area contributed by atoms with E-state index in [1.54, 1.807) is 0 Å². The maximum Gasteiger partial charge on any atom is 0.155 e. The summed E-state index contributed by atoms with van der Waals surface area (Å²) in [4.78, 5) is 14.8. The number of carbonyl (C=O) groups is 1. The van der Waals surface area contributed by atoms with E-state index < -0.39 is 0 Å². The number of ketones is 1. The fourth-order valence-corrected chi connectivity index (χ4v) is 4.44. The van der Waals surface area contributed by atoms with E-state index in [2.05, 4.69) is 118 Å². The van der Waals surface area contributed by atoms with Crippen molar-refractivity contribution >= 4 is 16.8 Å². The number of hydrogen-bond donors (Lipinski definition) is 1. The molecule has 0 aliphatic rings. The van der Waals surface area contributed by atoms with Crippen molar-refractivity contribution in [3.05, 3.63) is 88.8 Å². The molecule has 4 nitrogen and oxygen atoms in total. The van der Waals surface area contributed by atoms with Crippen LogP contribution in [-0.2, 0) is 41.1 Å². The summed E-state index contributed by atoms with van der Waals surface area (Å²) in [5.74, 6) is 0.821. The fraction of sp³-hybridized carbons (Fsp3) is 0.405. The number of allylic oxidation sites excluding steroid dienone is 2. The first kappa shape index (κ1) is 35.2. The summed E-state index contributed by atoms with van der Waals surface area (Å²) in [5.41, 5.74) is 9.10. The zero-order chi connectivity index (χ0) is 30.9. The summed E-state index contributed by atoms with van der Waals surface area (Å²) in [6, 6.07) is 18.9. The van der Waals surface area contributed by atoms with E-state index in [1.807, 2.05) is 6.20 Å². The number of furan rings is 1. The van der Waals surface area contributed by atoms with Crippen LogP contribution in [0.4, 0.5) is 0 Å². The van der Waals surface area contributed by atoms with Gasteiger partial charge in [-0.3, -0.25) is 4.79 Å². The first-order valence-corrected chi connectivity index (χ1v) is 14.2. The molecule has 4 rings (SSSR count). The molecule has 0 aliphatic heterocycles. The predicted molar refractivity (Wildman–Crippen MR) is 172 cm³/mol. The molecular formula is C37H46IrNO3-. The van der Waals surface area contributed by atoms with E-state index in [0.29, 0.717) is 0 Å². The summed E-state index contributed by atoms with van der Waals surface area (Å²) in [5, 5.41) is 9.38. The molecule has 0 saturated carbocycles. The Labute approximate surface area is 266 Å². The number of carbonyl (C=O) groups excluding carboxylic acids is 1. The second-order valence-corrected chi connectivity index (χ2v) is 14.1. The molecule has 227 valence electrons. The van der Waals surface area contributed by atoms with Crippen LogP contribution in [0.2, 0.25) is 0 Å². The molecule has 0 unspecified atom stereocenters. The molecule has 0 fully saturated rings. The van der Waals surface area contributed by atoms with Gasteiger partial charge in [0.25, 0.3) is 0 Å². The zero-order valence-electron chi connectivity index (χ0n) is 27.2. The number of aryl methyl sites for hydroxylation is 1. The van der Waals surface area contributed by atoms with E-state index in [-0.39, 0.29) is 47.9 Å². The molecule has 0 aliphatic carbocycles. The number of nitrogens with zero attached hydrogens (tertiary/aromatic N) is 1. The second-order valence-electron chi connectivity index (χ2n) is 14.1. The maximum absolute atomic E-state index is 10.0. The van der Waals surface area contributed by atoms with Gasteiger partial charge in [0.15, 0.2) is 5.78 Å². The number of aliphatic hydroxyl groups is 1. The van der Waals surface area contributed by atoms with Crippen LogP contribution in [0, 0.1) is 13.0 Å². The van der Waals surface area contributed by atoms with Gasteiger partial charge >= 0.3 is 0 Å². The molecule has 0 amide bonds. The minimum Gasteiger partial charge on any atom is -0.512 e. The molecule has 0 saturated heterocycles. The minimum absolute atomic E-state index is 0.